The number of imide groups is 1. The molecule has 0 radical (unpaired) electrons. The monoisotopic (exact) mass is 415 g/mol. The van der Waals surface area contributed by atoms with E-state index in [0.717, 1.165) is 49.0 Å². The molecule has 0 spiro atoms. The fourth-order valence-corrected chi connectivity index (χ4v) is 4.61. The van der Waals surface area contributed by atoms with Gasteiger partial charge in [-0.1, -0.05) is 19.8 Å². The number of unbranched alkanes of at least 4 members (excludes halogenated alkanes) is 2. The molecule has 1 heterocycles. The minimum absolute atomic E-state index is 0.324. The van der Waals surface area contributed by atoms with Gasteiger partial charge in [-0.15, -0.1) is 11.3 Å². The van der Waals surface area contributed by atoms with Crippen molar-refractivity contribution in [2.75, 3.05) is 11.9 Å². The summed E-state index contributed by atoms with van der Waals surface area (Å²) in [4.78, 5) is 37.3. The number of carbonyl (C=O) groups is 3. The van der Waals surface area contributed by atoms with Crippen molar-refractivity contribution >= 4 is 34.2 Å². The summed E-state index contributed by atoms with van der Waals surface area (Å²) in [5.74, 6) is -0.187. The number of primary amides is 1. The van der Waals surface area contributed by atoms with Gasteiger partial charge in [-0.25, -0.2) is 4.79 Å². The van der Waals surface area contributed by atoms with Gasteiger partial charge in [0.25, 0.3) is 11.8 Å². The van der Waals surface area contributed by atoms with Gasteiger partial charge in [0.15, 0.2) is 0 Å². The van der Waals surface area contributed by atoms with Crippen LogP contribution in [0, 0.1) is 0 Å². The molecular formula is C21H25N3O4S. The molecule has 4 amide bonds. The third-order valence-electron chi connectivity index (χ3n) is 4.75. The van der Waals surface area contributed by atoms with E-state index in [2.05, 4.69) is 17.6 Å². The van der Waals surface area contributed by atoms with Crippen molar-refractivity contribution in [1.82, 2.24) is 5.32 Å². The second kappa shape index (κ2) is 9.56. The van der Waals surface area contributed by atoms with Crippen LogP contribution < -0.4 is 21.1 Å². The average molecular weight is 416 g/mol. The molecule has 1 aliphatic rings. The molecule has 3 rings (SSSR count). The highest BCUT2D eigenvalue weighted by Crippen LogP contribution is 2.39. The molecule has 154 valence electrons. The number of anilines is 1. The maximum absolute atomic E-state index is 12.7. The van der Waals surface area contributed by atoms with E-state index >= 15 is 0 Å². The zero-order valence-electron chi connectivity index (χ0n) is 16.4. The Labute approximate surface area is 173 Å². The van der Waals surface area contributed by atoms with Gasteiger partial charge in [0.2, 0.25) is 0 Å². The molecule has 0 saturated heterocycles. The standard InChI is InChI=1S/C21H25N3O4S/c1-2-3-4-12-28-14-10-8-13(9-11-14)18(25)23-20-17(19(26)24-21(22)27)15-6-5-7-16(15)29-20/h8-11H,2-7,12H2,1H3,(H,23,25)(H3,22,24,26,27). The van der Waals surface area contributed by atoms with Crippen LogP contribution in [0.4, 0.5) is 9.80 Å². The van der Waals surface area contributed by atoms with Gasteiger partial charge in [-0.05, 0) is 55.5 Å². The maximum Gasteiger partial charge on any atom is 0.319 e. The van der Waals surface area contributed by atoms with Crippen LogP contribution in [0.5, 0.6) is 5.75 Å². The molecule has 8 heteroatoms. The minimum Gasteiger partial charge on any atom is -0.494 e. The first-order valence-corrected chi connectivity index (χ1v) is 10.6. The summed E-state index contributed by atoms with van der Waals surface area (Å²) in [6, 6.07) is 5.98. The Bertz CT molecular complexity index is 905. The summed E-state index contributed by atoms with van der Waals surface area (Å²) in [7, 11) is 0. The number of ether oxygens (including phenoxy) is 1. The number of amides is 4. The van der Waals surface area contributed by atoms with Crippen molar-refractivity contribution in [3.63, 3.8) is 0 Å². The first-order chi connectivity index (χ1) is 14.0. The van der Waals surface area contributed by atoms with E-state index in [9.17, 15) is 14.4 Å². The first-order valence-electron chi connectivity index (χ1n) is 9.79. The van der Waals surface area contributed by atoms with Crippen LogP contribution >= 0.6 is 11.3 Å². The van der Waals surface area contributed by atoms with Crippen LogP contribution in [0.25, 0.3) is 0 Å². The van der Waals surface area contributed by atoms with E-state index < -0.39 is 11.9 Å². The van der Waals surface area contributed by atoms with Crippen LogP contribution in [-0.2, 0) is 12.8 Å². The van der Waals surface area contributed by atoms with Gasteiger partial charge < -0.3 is 15.8 Å². The number of hydrogen-bond donors (Lipinski definition) is 3. The van der Waals surface area contributed by atoms with Crippen LogP contribution in [0.15, 0.2) is 24.3 Å². The molecule has 1 aliphatic carbocycles. The predicted octanol–water partition coefficient (Wildman–Crippen LogP) is 3.87. The van der Waals surface area contributed by atoms with Crippen molar-refractivity contribution in [3.8, 4) is 5.75 Å². The lowest BCUT2D eigenvalue weighted by molar-refractivity contribution is 0.0966. The van der Waals surface area contributed by atoms with E-state index in [4.69, 9.17) is 10.5 Å². The second-order valence-corrected chi connectivity index (χ2v) is 8.02. The van der Waals surface area contributed by atoms with Crippen molar-refractivity contribution in [2.45, 2.75) is 45.4 Å². The van der Waals surface area contributed by atoms with Gasteiger partial charge in [-0.3, -0.25) is 14.9 Å². The fourth-order valence-electron chi connectivity index (χ4n) is 3.33. The normalized spacial score (nSPS) is 12.3. The summed E-state index contributed by atoms with van der Waals surface area (Å²) < 4.78 is 5.66. The molecule has 4 N–H and O–H groups in total. The Morgan fingerprint density at radius 2 is 1.86 bits per heavy atom. The third-order valence-corrected chi connectivity index (χ3v) is 5.95. The van der Waals surface area contributed by atoms with Gasteiger partial charge in [0, 0.05) is 10.4 Å². The number of hydrogen-bond acceptors (Lipinski definition) is 5. The topological polar surface area (TPSA) is 111 Å². The SMILES string of the molecule is CCCCCOc1ccc(C(=O)Nc2sc3c(c2C(=O)NC(N)=O)CCC3)cc1. The van der Waals surface area contributed by atoms with Crippen LogP contribution in [-0.4, -0.2) is 24.5 Å². The maximum atomic E-state index is 12.7. The van der Waals surface area contributed by atoms with E-state index in [-0.39, 0.29) is 5.91 Å². The second-order valence-electron chi connectivity index (χ2n) is 6.91. The van der Waals surface area contributed by atoms with E-state index in [1.807, 2.05) is 0 Å². The number of rotatable bonds is 8. The third kappa shape index (κ3) is 5.14. The highest BCUT2D eigenvalue weighted by molar-refractivity contribution is 7.17. The molecule has 0 bridgehead atoms. The van der Waals surface area contributed by atoms with Gasteiger partial charge in [-0.2, -0.15) is 0 Å². The highest BCUT2D eigenvalue weighted by Gasteiger charge is 2.28. The lowest BCUT2D eigenvalue weighted by Crippen LogP contribution is -2.35. The van der Waals surface area contributed by atoms with Gasteiger partial charge in [0.05, 0.1) is 12.2 Å². The summed E-state index contributed by atoms with van der Waals surface area (Å²) in [5, 5.41) is 5.36. The molecule has 1 aromatic heterocycles. The number of urea groups is 1. The first kappa shape index (κ1) is 20.9. The lowest BCUT2D eigenvalue weighted by Gasteiger charge is -2.09. The zero-order valence-corrected chi connectivity index (χ0v) is 17.2. The van der Waals surface area contributed by atoms with Crippen molar-refractivity contribution in [3.05, 3.63) is 45.8 Å². The number of fused-ring (bicyclic) bond motifs is 1. The van der Waals surface area contributed by atoms with Crippen molar-refractivity contribution in [1.29, 1.82) is 0 Å². The minimum atomic E-state index is -0.917. The van der Waals surface area contributed by atoms with Crippen LogP contribution in [0.2, 0.25) is 0 Å². The Kier molecular flexibility index (Phi) is 6.87. The lowest BCUT2D eigenvalue weighted by atomic mass is 10.1. The molecule has 0 unspecified atom stereocenters. The Morgan fingerprint density at radius 1 is 1.10 bits per heavy atom. The molecule has 0 saturated carbocycles. The number of aryl methyl sites for hydroxylation is 1. The number of benzene rings is 1. The molecule has 2 aromatic rings. The Balaban J connectivity index is 1.70. The zero-order chi connectivity index (χ0) is 20.8. The molecule has 0 fully saturated rings. The van der Waals surface area contributed by atoms with Crippen molar-refractivity contribution < 1.29 is 19.1 Å². The number of nitrogens with two attached hydrogens (primary N) is 1. The largest absolute Gasteiger partial charge is 0.494 e. The molecule has 29 heavy (non-hydrogen) atoms. The summed E-state index contributed by atoms with van der Waals surface area (Å²) in [6.45, 7) is 2.79. The highest BCUT2D eigenvalue weighted by atomic mass is 32.1. The van der Waals surface area contributed by atoms with Gasteiger partial charge in [0.1, 0.15) is 10.8 Å². The summed E-state index contributed by atoms with van der Waals surface area (Å²) >= 11 is 1.38. The molecule has 0 aliphatic heterocycles. The smallest absolute Gasteiger partial charge is 0.319 e. The molecule has 1 aromatic carbocycles. The molecule has 7 nitrogen and oxygen atoms in total. The Morgan fingerprint density at radius 3 is 2.55 bits per heavy atom. The van der Waals surface area contributed by atoms with Gasteiger partial charge >= 0.3 is 6.03 Å². The number of nitrogens with one attached hydrogen (secondary N) is 2. The fraction of sp³-hybridized carbons (Fsp3) is 0.381. The summed E-state index contributed by atoms with van der Waals surface area (Å²) in [6.07, 6.45) is 5.80. The summed E-state index contributed by atoms with van der Waals surface area (Å²) in [5.41, 5.74) is 6.77. The van der Waals surface area contributed by atoms with E-state index in [0.29, 0.717) is 28.5 Å². The predicted molar refractivity (Wildman–Crippen MR) is 113 cm³/mol. The number of thiophene rings is 1. The van der Waals surface area contributed by atoms with Crippen molar-refractivity contribution in [2.24, 2.45) is 5.73 Å². The number of carbonyl (C=O) groups excluding carboxylic acids is 3. The molecule has 0 atom stereocenters. The van der Waals surface area contributed by atoms with Crippen LogP contribution in [0.3, 0.4) is 0 Å². The molecular weight excluding hydrogens is 390 g/mol. The van der Waals surface area contributed by atoms with E-state index in [1.54, 1.807) is 24.3 Å². The Hall–Kier alpha value is -2.87. The quantitative estimate of drug-likeness (QED) is 0.568. The van der Waals surface area contributed by atoms with E-state index in [1.165, 1.54) is 11.3 Å². The average Bonchev–Trinajstić information content (AvgIpc) is 3.25. The van der Waals surface area contributed by atoms with Crippen LogP contribution in [0.1, 0.15) is 63.8 Å².